The lowest BCUT2D eigenvalue weighted by Gasteiger charge is -2.34. The number of hydrogen-bond donors (Lipinski definition) is 2. The van der Waals surface area contributed by atoms with Crippen LogP contribution < -0.4 is 10.2 Å². The van der Waals surface area contributed by atoms with Crippen LogP contribution in [0.1, 0.15) is 39.3 Å². The van der Waals surface area contributed by atoms with E-state index in [4.69, 9.17) is 0 Å². The van der Waals surface area contributed by atoms with Gasteiger partial charge in [0.15, 0.2) is 0 Å². The van der Waals surface area contributed by atoms with Gasteiger partial charge in [-0.15, -0.1) is 0 Å². The fraction of sp³-hybridized carbons (Fsp3) is 0.667. The van der Waals surface area contributed by atoms with Crippen molar-refractivity contribution < 1.29 is 14.7 Å². The van der Waals surface area contributed by atoms with Gasteiger partial charge in [0, 0.05) is 30.9 Å². The summed E-state index contributed by atoms with van der Waals surface area (Å²) in [5, 5.41) is 12.3. The van der Waals surface area contributed by atoms with Crippen LogP contribution in [-0.2, 0) is 16.0 Å². The van der Waals surface area contributed by atoms with E-state index in [9.17, 15) is 14.7 Å². The topological polar surface area (TPSA) is 95.4 Å². The number of carbonyl (C=O) groups excluding carboxylic acids is 1. The molecule has 1 aromatic rings. The summed E-state index contributed by atoms with van der Waals surface area (Å²) >= 11 is 0. The van der Waals surface area contributed by atoms with E-state index in [2.05, 4.69) is 27.1 Å². The molecule has 7 nitrogen and oxygen atoms in total. The van der Waals surface area contributed by atoms with Gasteiger partial charge in [-0.2, -0.15) is 0 Å². The summed E-state index contributed by atoms with van der Waals surface area (Å²) in [6.45, 7) is 7.34. The number of rotatable bonds is 5. The lowest BCUT2D eigenvalue weighted by molar-refractivity contribution is -0.140. The van der Waals surface area contributed by atoms with Crippen LogP contribution >= 0.6 is 0 Å². The van der Waals surface area contributed by atoms with Gasteiger partial charge in [-0.1, -0.05) is 20.8 Å². The molecular weight excluding hydrogens is 320 g/mol. The molecule has 1 aliphatic carbocycles. The maximum Gasteiger partial charge on any atom is 0.307 e. The highest BCUT2D eigenvalue weighted by Gasteiger charge is 2.66. The average Bonchev–Trinajstić information content (AvgIpc) is 3.18. The molecule has 0 aromatic carbocycles. The number of piperidine rings is 1. The molecule has 2 aliphatic rings. The molecule has 1 saturated carbocycles. The van der Waals surface area contributed by atoms with Crippen molar-refractivity contribution in [3.8, 4) is 0 Å². The number of aryl methyl sites for hydroxylation is 1. The van der Waals surface area contributed by atoms with Gasteiger partial charge in [0.2, 0.25) is 5.91 Å². The van der Waals surface area contributed by atoms with Crippen molar-refractivity contribution >= 4 is 17.7 Å². The number of amides is 1. The van der Waals surface area contributed by atoms with Crippen LogP contribution in [0.2, 0.25) is 0 Å². The van der Waals surface area contributed by atoms with Crippen molar-refractivity contribution in [2.24, 2.45) is 17.3 Å². The van der Waals surface area contributed by atoms with E-state index in [-0.39, 0.29) is 11.9 Å². The van der Waals surface area contributed by atoms with Crippen LogP contribution in [0.25, 0.3) is 0 Å². The Morgan fingerprint density at radius 3 is 2.76 bits per heavy atom. The number of anilines is 1. The molecule has 1 saturated heterocycles. The first-order valence-electron chi connectivity index (χ1n) is 8.93. The zero-order valence-corrected chi connectivity index (χ0v) is 15.0. The highest BCUT2D eigenvalue weighted by atomic mass is 16.4. The molecule has 1 unspecified atom stereocenters. The predicted octanol–water partition coefficient (Wildman–Crippen LogP) is 1.48. The van der Waals surface area contributed by atoms with Crippen molar-refractivity contribution in [1.82, 2.24) is 15.3 Å². The molecule has 1 aliphatic heterocycles. The van der Waals surface area contributed by atoms with Crippen LogP contribution in [0.3, 0.4) is 0 Å². The minimum atomic E-state index is -0.886. The lowest BCUT2D eigenvalue weighted by Crippen LogP contribution is -2.48. The molecule has 3 rings (SSSR count). The van der Waals surface area contributed by atoms with E-state index in [0.717, 1.165) is 37.3 Å². The molecule has 25 heavy (non-hydrogen) atoms. The lowest BCUT2D eigenvalue weighted by atomic mass is 10.0. The third-order valence-corrected chi connectivity index (χ3v) is 5.54. The van der Waals surface area contributed by atoms with Crippen molar-refractivity contribution in [3.05, 3.63) is 18.1 Å². The Morgan fingerprint density at radius 2 is 2.12 bits per heavy atom. The zero-order valence-electron chi connectivity index (χ0n) is 15.0. The van der Waals surface area contributed by atoms with Gasteiger partial charge in [0.1, 0.15) is 12.1 Å². The molecule has 2 N–H and O–H groups in total. The minimum Gasteiger partial charge on any atom is -0.481 e. The molecule has 0 spiro atoms. The quantitative estimate of drug-likeness (QED) is 0.838. The van der Waals surface area contributed by atoms with Gasteiger partial charge in [0.05, 0.1) is 11.8 Å². The maximum atomic E-state index is 12.5. The molecule has 0 bridgehead atoms. The van der Waals surface area contributed by atoms with E-state index < -0.39 is 23.2 Å². The van der Waals surface area contributed by atoms with Gasteiger partial charge < -0.3 is 15.3 Å². The normalized spacial score (nSPS) is 27.6. The number of nitrogens with zero attached hydrogens (tertiary/aromatic N) is 3. The van der Waals surface area contributed by atoms with Gasteiger partial charge >= 0.3 is 5.97 Å². The largest absolute Gasteiger partial charge is 0.481 e. The van der Waals surface area contributed by atoms with E-state index >= 15 is 0 Å². The number of aliphatic carboxylic acids is 1. The highest BCUT2D eigenvalue weighted by Crippen LogP contribution is 2.58. The SMILES string of the molecule is CCc1cc(N2CCCC(NC(=O)[C@@H]3[C@H](C(=O)O)C3(C)C)C2)ncn1. The maximum absolute atomic E-state index is 12.5. The predicted molar refractivity (Wildman–Crippen MR) is 93.2 cm³/mol. The van der Waals surface area contributed by atoms with Crippen molar-refractivity contribution in [2.45, 2.75) is 46.1 Å². The zero-order chi connectivity index (χ0) is 18.2. The first-order chi connectivity index (χ1) is 11.8. The van der Waals surface area contributed by atoms with Crippen LogP contribution in [-0.4, -0.2) is 46.1 Å². The monoisotopic (exact) mass is 346 g/mol. The molecule has 2 heterocycles. The molecule has 3 atom stereocenters. The van der Waals surface area contributed by atoms with Crippen molar-refractivity contribution in [2.75, 3.05) is 18.0 Å². The van der Waals surface area contributed by atoms with E-state index in [1.165, 1.54) is 0 Å². The summed E-state index contributed by atoms with van der Waals surface area (Å²) in [5.41, 5.74) is 0.535. The van der Waals surface area contributed by atoms with Crippen molar-refractivity contribution in [3.63, 3.8) is 0 Å². The van der Waals surface area contributed by atoms with Crippen LogP contribution in [0, 0.1) is 17.3 Å². The Balaban J connectivity index is 1.62. The number of aromatic nitrogens is 2. The van der Waals surface area contributed by atoms with E-state index in [1.54, 1.807) is 6.33 Å². The number of nitrogens with one attached hydrogen (secondary N) is 1. The number of hydrogen-bond acceptors (Lipinski definition) is 5. The molecule has 0 radical (unpaired) electrons. The van der Waals surface area contributed by atoms with Gasteiger partial charge in [-0.25, -0.2) is 9.97 Å². The Morgan fingerprint density at radius 1 is 1.36 bits per heavy atom. The summed E-state index contributed by atoms with van der Waals surface area (Å²) in [4.78, 5) is 34.6. The van der Waals surface area contributed by atoms with Crippen LogP contribution in [0.4, 0.5) is 5.82 Å². The van der Waals surface area contributed by atoms with E-state index in [0.29, 0.717) is 6.54 Å². The first-order valence-corrected chi connectivity index (χ1v) is 8.93. The number of carboxylic acid groups (broad SMARTS) is 1. The molecular formula is C18H26N4O3. The standard InChI is InChI=1S/C18H26N4O3/c1-4-11-8-13(20-10-19-11)22-7-5-6-12(9-22)21-16(23)14-15(17(24)25)18(14,2)3/h8,10,12,14-15H,4-7,9H2,1-3H3,(H,21,23)(H,24,25)/t12?,14-,15+/m0/s1. The Bertz CT molecular complexity index is 676. The summed E-state index contributed by atoms with van der Waals surface area (Å²) in [6, 6.07) is 2.02. The second-order valence-electron chi connectivity index (χ2n) is 7.63. The smallest absolute Gasteiger partial charge is 0.307 e. The fourth-order valence-electron chi connectivity index (χ4n) is 3.93. The third-order valence-electron chi connectivity index (χ3n) is 5.54. The molecule has 7 heteroatoms. The highest BCUT2D eigenvalue weighted by molar-refractivity contribution is 5.91. The second kappa shape index (κ2) is 6.61. The average molecular weight is 346 g/mol. The van der Waals surface area contributed by atoms with Crippen LogP contribution in [0.15, 0.2) is 12.4 Å². The number of carbonyl (C=O) groups is 2. The molecule has 1 amide bonds. The Hall–Kier alpha value is -2.18. The first kappa shape index (κ1) is 17.6. The fourth-order valence-corrected chi connectivity index (χ4v) is 3.93. The summed E-state index contributed by atoms with van der Waals surface area (Å²) in [5.74, 6) is -1.15. The molecule has 136 valence electrons. The molecule has 2 fully saturated rings. The summed E-state index contributed by atoms with van der Waals surface area (Å²) in [7, 11) is 0. The second-order valence-corrected chi connectivity index (χ2v) is 7.63. The minimum absolute atomic E-state index is 0.0205. The van der Waals surface area contributed by atoms with E-state index in [1.807, 2.05) is 19.9 Å². The van der Waals surface area contributed by atoms with Crippen molar-refractivity contribution in [1.29, 1.82) is 0 Å². The Kier molecular flexibility index (Phi) is 4.67. The van der Waals surface area contributed by atoms with Gasteiger partial charge in [-0.05, 0) is 24.7 Å². The third kappa shape index (κ3) is 3.45. The Labute approximate surface area is 147 Å². The summed E-state index contributed by atoms with van der Waals surface area (Å²) < 4.78 is 0. The number of carboxylic acids is 1. The van der Waals surface area contributed by atoms with Gasteiger partial charge in [0.25, 0.3) is 0 Å². The van der Waals surface area contributed by atoms with Crippen LogP contribution in [0.5, 0.6) is 0 Å². The van der Waals surface area contributed by atoms with Gasteiger partial charge in [-0.3, -0.25) is 9.59 Å². The molecule has 1 aromatic heterocycles. The summed E-state index contributed by atoms with van der Waals surface area (Å²) in [6.07, 6.45) is 4.31.